The van der Waals surface area contributed by atoms with Crippen LogP contribution in [0.5, 0.6) is 5.75 Å². The number of nitrogens with zero attached hydrogens (tertiary/aromatic N) is 1. The molecule has 0 spiro atoms. The molecular weight excluding hydrogens is 302 g/mol. The van der Waals surface area contributed by atoms with Crippen molar-refractivity contribution in [2.75, 3.05) is 27.2 Å². The Morgan fingerprint density at radius 2 is 2.00 bits per heavy atom. The summed E-state index contributed by atoms with van der Waals surface area (Å²) in [6.45, 7) is 6.36. The van der Waals surface area contributed by atoms with Crippen molar-refractivity contribution in [2.24, 2.45) is 5.92 Å². The highest BCUT2D eigenvalue weighted by Gasteiger charge is 2.06. The summed E-state index contributed by atoms with van der Waals surface area (Å²) in [7, 11) is 4.22. The molecule has 0 bridgehead atoms. The van der Waals surface area contributed by atoms with Gasteiger partial charge >= 0.3 is 0 Å². The lowest BCUT2D eigenvalue weighted by molar-refractivity contribution is 0.286. The lowest BCUT2D eigenvalue weighted by Gasteiger charge is -2.14. The topological polar surface area (TPSA) is 12.5 Å². The van der Waals surface area contributed by atoms with Gasteiger partial charge < -0.3 is 9.64 Å². The highest BCUT2D eigenvalue weighted by atomic mass is 79.9. The van der Waals surface area contributed by atoms with Crippen LogP contribution in [0.2, 0.25) is 0 Å². The zero-order valence-electron chi connectivity index (χ0n) is 12.6. The zero-order valence-corrected chi connectivity index (χ0v) is 14.2. The van der Waals surface area contributed by atoms with Crippen LogP contribution < -0.4 is 4.74 Å². The van der Waals surface area contributed by atoms with Crippen LogP contribution in [0.1, 0.15) is 32.3 Å². The van der Waals surface area contributed by atoms with Gasteiger partial charge in [0.25, 0.3) is 0 Å². The second-order valence-corrected chi connectivity index (χ2v) is 6.61. The Balaban J connectivity index is 2.58. The number of hydrogen-bond donors (Lipinski definition) is 0. The maximum atomic E-state index is 5.93. The Morgan fingerprint density at radius 1 is 1.26 bits per heavy atom. The number of aryl methyl sites for hydroxylation is 1. The van der Waals surface area contributed by atoms with Crippen LogP contribution in [0.4, 0.5) is 0 Å². The molecule has 0 unspecified atom stereocenters. The second kappa shape index (κ2) is 8.60. The molecular formula is C16H26BrNO. The van der Waals surface area contributed by atoms with Gasteiger partial charge in [0, 0.05) is 4.47 Å². The summed E-state index contributed by atoms with van der Waals surface area (Å²) in [6.07, 6.45) is 3.33. The van der Waals surface area contributed by atoms with Gasteiger partial charge in [-0.1, -0.05) is 29.8 Å². The van der Waals surface area contributed by atoms with Crippen molar-refractivity contribution in [3.8, 4) is 5.75 Å². The SMILES string of the molecule is CC(C)CCOc1ccc(Br)cc1CCCN(C)C. The molecule has 0 aromatic heterocycles. The highest BCUT2D eigenvalue weighted by molar-refractivity contribution is 9.10. The molecule has 1 aromatic rings. The van der Waals surface area contributed by atoms with Crippen LogP contribution >= 0.6 is 15.9 Å². The van der Waals surface area contributed by atoms with Crippen LogP contribution in [0.15, 0.2) is 22.7 Å². The maximum absolute atomic E-state index is 5.93. The van der Waals surface area contributed by atoms with E-state index < -0.39 is 0 Å². The van der Waals surface area contributed by atoms with E-state index in [9.17, 15) is 0 Å². The fourth-order valence-corrected chi connectivity index (χ4v) is 2.28. The van der Waals surface area contributed by atoms with Crippen molar-refractivity contribution in [3.05, 3.63) is 28.2 Å². The first-order chi connectivity index (χ1) is 8.99. The smallest absolute Gasteiger partial charge is 0.122 e. The van der Waals surface area contributed by atoms with Gasteiger partial charge in [-0.2, -0.15) is 0 Å². The molecule has 1 aromatic carbocycles. The highest BCUT2D eigenvalue weighted by Crippen LogP contribution is 2.25. The van der Waals surface area contributed by atoms with Crippen molar-refractivity contribution in [1.82, 2.24) is 4.90 Å². The third-order valence-corrected chi connectivity index (χ3v) is 3.52. The van der Waals surface area contributed by atoms with E-state index >= 15 is 0 Å². The van der Waals surface area contributed by atoms with Gasteiger partial charge in [-0.3, -0.25) is 0 Å². The monoisotopic (exact) mass is 327 g/mol. The number of rotatable bonds is 8. The first-order valence-electron chi connectivity index (χ1n) is 7.05. The van der Waals surface area contributed by atoms with Crippen molar-refractivity contribution < 1.29 is 4.74 Å². The quantitative estimate of drug-likeness (QED) is 0.703. The van der Waals surface area contributed by atoms with Crippen LogP contribution in [-0.2, 0) is 6.42 Å². The molecule has 19 heavy (non-hydrogen) atoms. The van der Waals surface area contributed by atoms with Crippen LogP contribution in [-0.4, -0.2) is 32.1 Å². The van der Waals surface area contributed by atoms with E-state index in [1.807, 2.05) is 0 Å². The van der Waals surface area contributed by atoms with Crippen LogP contribution in [0, 0.1) is 5.92 Å². The average molecular weight is 328 g/mol. The van der Waals surface area contributed by atoms with E-state index in [0.717, 1.165) is 42.6 Å². The predicted octanol–water partition coefficient (Wildman–Crippen LogP) is 4.37. The molecule has 0 saturated carbocycles. The van der Waals surface area contributed by atoms with Crippen molar-refractivity contribution in [3.63, 3.8) is 0 Å². The Labute approximate surface area is 126 Å². The van der Waals surface area contributed by atoms with Crippen LogP contribution in [0.25, 0.3) is 0 Å². The van der Waals surface area contributed by atoms with Gasteiger partial charge in [-0.25, -0.2) is 0 Å². The molecule has 1 rings (SSSR count). The van der Waals surface area contributed by atoms with Gasteiger partial charge in [0.2, 0.25) is 0 Å². The minimum absolute atomic E-state index is 0.688. The zero-order chi connectivity index (χ0) is 14.3. The first kappa shape index (κ1) is 16.5. The summed E-state index contributed by atoms with van der Waals surface area (Å²) in [5.41, 5.74) is 1.31. The first-order valence-corrected chi connectivity index (χ1v) is 7.84. The molecule has 108 valence electrons. The maximum Gasteiger partial charge on any atom is 0.122 e. The lowest BCUT2D eigenvalue weighted by Crippen LogP contribution is -2.13. The van der Waals surface area contributed by atoms with E-state index in [-0.39, 0.29) is 0 Å². The molecule has 0 saturated heterocycles. The van der Waals surface area contributed by atoms with Gasteiger partial charge in [0.15, 0.2) is 0 Å². The summed E-state index contributed by atoms with van der Waals surface area (Å²) in [5, 5.41) is 0. The largest absolute Gasteiger partial charge is 0.493 e. The molecule has 0 aliphatic carbocycles. The Hall–Kier alpha value is -0.540. The van der Waals surface area contributed by atoms with Crippen molar-refractivity contribution in [2.45, 2.75) is 33.1 Å². The fraction of sp³-hybridized carbons (Fsp3) is 0.625. The molecule has 0 amide bonds. The van der Waals surface area contributed by atoms with Gasteiger partial charge in [0.05, 0.1) is 6.61 Å². The molecule has 0 N–H and O–H groups in total. The summed E-state index contributed by atoms with van der Waals surface area (Å²) in [6, 6.07) is 6.32. The lowest BCUT2D eigenvalue weighted by atomic mass is 10.1. The predicted molar refractivity (Wildman–Crippen MR) is 86.0 cm³/mol. The molecule has 0 aliphatic heterocycles. The normalized spacial score (nSPS) is 11.3. The summed E-state index contributed by atoms with van der Waals surface area (Å²) in [4.78, 5) is 2.22. The summed E-state index contributed by atoms with van der Waals surface area (Å²) < 4.78 is 7.05. The standard InChI is InChI=1S/C16H26BrNO/c1-13(2)9-11-19-16-8-7-15(17)12-14(16)6-5-10-18(3)4/h7-8,12-13H,5-6,9-11H2,1-4H3. The van der Waals surface area contributed by atoms with E-state index in [1.54, 1.807) is 0 Å². The van der Waals surface area contributed by atoms with E-state index in [1.165, 1.54) is 5.56 Å². The van der Waals surface area contributed by atoms with Crippen molar-refractivity contribution in [1.29, 1.82) is 0 Å². The van der Waals surface area contributed by atoms with E-state index in [2.05, 4.69) is 67.0 Å². The Morgan fingerprint density at radius 3 is 2.63 bits per heavy atom. The number of halogens is 1. The van der Waals surface area contributed by atoms with Gasteiger partial charge in [0.1, 0.15) is 5.75 Å². The molecule has 0 fully saturated rings. The van der Waals surface area contributed by atoms with E-state index in [0.29, 0.717) is 5.92 Å². The average Bonchev–Trinajstić information content (AvgIpc) is 2.31. The Bertz CT molecular complexity index is 377. The molecule has 3 heteroatoms. The minimum Gasteiger partial charge on any atom is -0.493 e. The minimum atomic E-state index is 0.688. The number of ether oxygens (including phenoxy) is 1. The van der Waals surface area contributed by atoms with Crippen molar-refractivity contribution >= 4 is 15.9 Å². The molecule has 0 aliphatic rings. The van der Waals surface area contributed by atoms with Gasteiger partial charge in [-0.15, -0.1) is 0 Å². The Kier molecular flexibility index (Phi) is 7.47. The number of hydrogen-bond acceptors (Lipinski definition) is 2. The summed E-state index contributed by atoms with van der Waals surface area (Å²) in [5.74, 6) is 1.73. The fourth-order valence-electron chi connectivity index (χ4n) is 1.87. The van der Waals surface area contributed by atoms with E-state index in [4.69, 9.17) is 4.74 Å². The summed E-state index contributed by atoms with van der Waals surface area (Å²) >= 11 is 3.54. The molecule has 0 heterocycles. The van der Waals surface area contributed by atoms with Crippen LogP contribution in [0.3, 0.4) is 0 Å². The molecule has 0 atom stereocenters. The third-order valence-electron chi connectivity index (χ3n) is 3.03. The third kappa shape index (κ3) is 6.98. The second-order valence-electron chi connectivity index (χ2n) is 5.69. The molecule has 2 nitrogen and oxygen atoms in total. The van der Waals surface area contributed by atoms with Gasteiger partial charge in [-0.05, 0) is 69.6 Å². The number of benzene rings is 1. The molecule has 0 radical (unpaired) electrons.